The molecule has 0 atom stereocenters. The molecule has 21 heavy (non-hydrogen) atoms. The van der Waals surface area contributed by atoms with Crippen LogP contribution in [0.3, 0.4) is 0 Å². The van der Waals surface area contributed by atoms with Crippen LogP contribution in [0.1, 0.15) is 44.9 Å². The Bertz CT molecular complexity index is 339. The first-order valence-electron chi connectivity index (χ1n) is 7.73. The fourth-order valence-electron chi connectivity index (χ4n) is 2.80. The van der Waals surface area contributed by atoms with Gasteiger partial charge in [0.2, 0.25) is 0 Å². The lowest BCUT2D eigenvalue weighted by molar-refractivity contribution is -0.149. The van der Waals surface area contributed by atoms with Gasteiger partial charge in [-0.2, -0.15) is 0 Å². The molecule has 1 aliphatic rings. The van der Waals surface area contributed by atoms with Crippen LogP contribution in [0.15, 0.2) is 0 Å². The Balaban J connectivity index is 2.48. The molecule has 2 amide bonds. The number of amides is 2. The monoisotopic (exact) mass is 300 g/mol. The maximum atomic E-state index is 12.0. The lowest BCUT2D eigenvalue weighted by Gasteiger charge is -2.29. The van der Waals surface area contributed by atoms with Gasteiger partial charge in [0.25, 0.3) is 0 Å². The fraction of sp³-hybridized carbons (Fsp3) is 0.867. The lowest BCUT2D eigenvalue weighted by Crippen LogP contribution is -2.46. The first-order chi connectivity index (χ1) is 10.0. The molecule has 1 aliphatic carbocycles. The number of rotatable bonds is 7. The van der Waals surface area contributed by atoms with E-state index in [0.717, 1.165) is 32.1 Å². The Hall–Kier alpha value is -1.30. The summed E-state index contributed by atoms with van der Waals surface area (Å²) in [5, 5.41) is 12.4. The molecular formula is C15H28N2O4. The Morgan fingerprint density at radius 2 is 1.86 bits per heavy atom. The van der Waals surface area contributed by atoms with E-state index in [1.54, 1.807) is 19.1 Å². The van der Waals surface area contributed by atoms with Crippen LogP contribution < -0.4 is 5.32 Å². The van der Waals surface area contributed by atoms with E-state index in [9.17, 15) is 14.7 Å². The smallest absolute Gasteiger partial charge is 0.317 e. The Morgan fingerprint density at radius 1 is 1.24 bits per heavy atom. The van der Waals surface area contributed by atoms with Gasteiger partial charge in [0.15, 0.2) is 0 Å². The molecule has 0 aromatic rings. The fourth-order valence-corrected chi connectivity index (χ4v) is 2.80. The SMILES string of the molecule is COCCCN(C)C(=O)NCC1(C(=O)O)CCCCCC1. The van der Waals surface area contributed by atoms with E-state index in [1.165, 1.54) is 0 Å². The van der Waals surface area contributed by atoms with Crippen LogP contribution in [0, 0.1) is 5.41 Å². The number of carbonyl (C=O) groups excluding carboxylic acids is 1. The van der Waals surface area contributed by atoms with Gasteiger partial charge >= 0.3 is 12.0 Å². The second-order valence-corrected chi connectivity index (χ2v) is 5.93. The van der Waals surface area contributed by atoms with Crippen LogP contribution in [0.2, 0.25) is 0 Å². The summed E-state index contributed by atoms with van der Waals surface area (Å²) in [6.07, 6.45) is 6.08. The van der Waals surface area contributed by atoms with Gasteiger partial charge in [-0.05, 0) is 19.3 Å². The number of carboxylic acids is 1. The van der Waals surface area contributed by atoms with Crippen molar-refractivity contribution < 1.29 is 19.4 Å². The largest absolute Gasteiger partial charge is 0.481 e. The van der Waals surface area contributed by atoms with Crippen molar-refractivity contribution in [3.05, 3.63) is 0 Å². The average Bonchev–Trinajstić information content (AvgIpc) is 2.71. The molecule has 0 unspecified atom stereocenters. The number of nitrogens with zero attached hydrogens (tertiary/aromatic N) is 1. The minimum atomic E-state index is -0.792. The molecule has 0 aromatic heterocycles. The van der Waals surface area contributed by atoms with E-state index < -0.39 is 11.4 Å². The predicted octanol–water partition coefficient (Wildman–Crippen LogP) is 2.09. The highest BCUT2D eigenvalue weighted by Gasteiger charge is 2.39. The van der Waals surface area contributed by atoms with Crippen LogP contribution in [-0.2, 0) is 9.53 Å². The van der Waals surface area contributed by atoms with Gasteiger partial charge in [0.1, 0.15) is 0 Å². The molecule has 0 heterocycles. The molecule has 0 bridgehead atoms. The van der Waals surface area contributed by atoms with Gasteiger partial charge in [-0.25, -0.2) is 4.79 Å². The molecule has 0 radical (unpaired) electrons. The number of urea groups is 1. The number of hydrogen-bond donors (Lipinski definition) is 2. The molecule has 0 saturated heterocycles. The van der Waals surface area contributed by atoms with E-state index in [2.05, 4.69) is 5.32 Å². The lowest BCUT2D eigenvalue weighted by atomic mass is 9.80. The molecule has 6 nitrogen and oxygen atoms in total. The Morgan fingerprint density at radius 3 is 2.38 bits per heavy atom. The van der Waals surface area contributed by atoms with Crippen LogP contribution in [0.25, 0.3) is 0 Å². The topological polar surface area (TPSA) is 78.9 Å². The summed E-state index contributed by atoms with van der Waals surface area (Å²) in [6, 6.07) is -0.212. The second-order valence-electron chi connectivity index (χ2n) is 5.93. The summed E-state index contributed by atoms with van der Waals surface area (Å²) in [7, 11) is 3.34. The van der Waals surface area contributed by atoms with E-state index in [0.29, 0.717) is 26.0 Å². The van der Waals surface area contributed by atoms with E-state index in [-0.39, 0.29) is 12.6 Å². The maximum absolute atomic E-state index is 12.0. The molecule has 1 fully saturated rings. The average molecular weight is 300 g/mol. The second kappa shape index (κ2) is 8.87. The number of nitrogens with one attached hydrogen (secondary N) is 1. The summed E-state index contributed by atoms with van der Waals surface area (Å²) in [5.74, 6) is -0.785. The normalized spacial score (nSPS) is 17.8. The highest BCUT2D eigenvalue weighted by atomic mass is 16.5. The van der Waals surface area contributed by atoms with Gasteiger partial charge in [0, 0.05) is 33.9 Å². The summed E-state index contributed by atoms with van der Waals surface area (Å²) in [6.45, 7) is 1.42. The van der Waals surface area contributed by atoms with Crippen molar-refractivity contribution in [2.45, 2.75) is 44.9 Å². The molecule has 2 N–H and O–H groups in total. The van der Waals surface area contributed by atoms with Crippen LogP contribution in [0.4, 0.5) is 4.79 Å². The Labute approximate surface area is 126 Å². The zero-order valence-electron chi connectivity index (χ0n) is 13.2. The van der Waals surface area contributed by atoms with Crippen molar-refractivity contribution in [3.63, 3.8) is 0 Å². The third-order valence-electron chi connectivity index (χ3n) is 4.28. The summed E-state index contributed by atoms with van der Waals surface area (Å²) >= 11 is 0. The molecule has 0 spiro atoms. The van der Waals surface area contributed by atoms with Gasteiger partial charge in [-0.15, -0.1) is 0 Å². The first-order valence-corrected chi connectivity index (χ1v) is 7.73. The van der Waals surface area contributed by atoms with Gasteiger partial charge < -0.3 is 20.1 Å². The third-order valence-corrected chi connectivity index (χ3v) is 4.28. The number of hydrogen-bond acceptors (Lipinski definition) is 3. The van der Waals surface area contributed by atoms with Crippen molar-refractivity contribution in [2.24, 2.45) is 5.41 Å². The zero-order chi connectivity index (χ0) is 15.7. The van der Waals surface area contributed by atoms with Crippen molar-refractivity contribution in [1.82, 2.24) is 10.2 Å². The number of methoxy groups -OCH3 is 1. The summed E-state index contributed by atoms with van der Waals surface area (Å²) < 4.78 is 4.95. The van der Waals surface area contributed by atoms with Crippen LogP contribution >= 0.6 is 0 Å². The molecule has 122 valence electrons. The molecule has 6 heteroatoms. The standard InChI is InChI=1S/C15H28N2O4/c1-17(10-7-11-21-2)14(20)16-12-15(13(18)19)8-5-3-4-6-9-15/h3-12H2,1-2H3,(H,16,20)(H,18,19). The van der Waals surface area contributed by atoms with Crippen molar-refractivity contribution in [2.75, 3.05) is 33.9 Å². The van der Waals surface area contributed by atoms with Gasteiger partial charge in [-0.1, -0.05) is 25.7 Å². The van der Waals surface area contributed by atoms with Gasteiger partial charge in [-0.3, -0.25) is 4.79 Å². The highest BCUT2D eigenvalue weighted by Crippen LogP contribution is 2.34. The maximum Gasteiger partial charge on any atom is 0.317 e. The van der Waals surface area contributed by atoms with Crippen LogP contribution in [-0.4, -0.2) is 55.9 Å². The van der Waals surface area contributed by atoms with E-state index >= 15 is 0 Å². The third kappa shape index (κ3) is 5.53. The van der Waals surface area contributed by atoms with Crippen molar-refractivity contribution in [1.29, 1.82) is 0 Å². The first kappa shape index (κ1) is 17.8. The summed E-state index contributed by atoms with van der Waals surface area (Å²) in [4.78, 5) is 25.2. The van der Waals surface area contributed by atoms with E-state index in [4.69, 9.17) is 4.74 Å². The number of carbonyl (C=O) groups is 2. The van der Waals surface area contributed by atoms with E-state index in [1.807, 2.05) is 0 Å². The molecule has 0 aromatic carbocycles. The minimum absolute atomic E-state index is 0.212. The number of ether oxygens (including phenoxy) is 1. The van der Waals surface area contributed by atoms with Gasteiger partial charge in [0.05, 0.1) is 5.41 Å². The predicted molar refractivity (Wildman–Crippen MR) is 80.3 cm³/mol. The highest BCUT2D eigenvalue weighted by molar-refractivity contribution is 5.78. The zero-order valence-corrected chi connectivity index (χ0v) is 13.2. The van der Waals surface area contributed by atoms with Crippen molar-refractivity contribution >= 4 is 12.0 Å². The number of carboxylic acid groups (broad SMARTS) is 1. The molecule has 1 rings (SSSR count). The number of aliphatic carboxylic acids is 1. The molecule has 0 aliphatic heterocycles. The Kier molecular flexibility index (Phi) is 7.50. The quantitative estimate of drug-likeness (QED) is 0.557. The van der Waals surface area contributed by atoms with Crippen molar-refractivity contribution in [3.8, 4) is 0 Å². The minimum Gasteiger partial charge on any atom is -0.481 e. The van der Waals surface area contributed by atoms with Crippen LogP contribution in [0.5, 0.6) is 0 Å². The molecular weight excluding hydrogens is 272 g/mol. The summed E-state index contributed by atoms with van der Waals surface area (Å²) in [5.41, 5.74) is -0.792. The molecule has 1 saturated carbocycles.